The Morgan fingerprint density at radius 1 is 1.39 bits per heavy atom. The number of nitrogens with zero attached hydrogens (tertiary/aromatic N) is 1. The first-order valence-electron chi connectivity index (χ1n) is 6.57. The van der Waals surface area contributed by atoms with E-state index in [1.54, 1.807) is 0 Å². The van der Waals surface area contributed by atoms with Gasteiger partial charge >= 0.3 is 0 Å². The molecule has 1 heterocycles. The van der Waals surface area contributed by atoms with Crippen molar-refractivity contribution in [3.8, 4) is 0 Å². The van der Waals surface area contributed by atoms with E-state index in [1.807, 2.05) is 6.20 Å². The monoisotopic (exact) mass is 330 g/mol. The molecule has 2 rings (SSSR count). The fourth-order valence-electron chi connectivity index (χ4n) is 2.66. The van der Waals surface area contributed by atoms with Crippen LogP contribution < -0.4 is 5.32 Å². The highest BCUT2D eigenvalue weighted by Crippen LogP contribution is 2.37. The highest BCUT2D eigenvalue weighted by atomic mass is 79.9. The number of hydrogen-bond donors (Lipinski definition) is 1. The van der Waals surface area contributed by atoms with Crippen molar-refractivity contribution >= 4 is 33.3 Å². The van der Waals surface area contributed by atoms with Crippen molar-refractivity contribution in [2.24, 2.45) is 5.41 Å². The van der Waals surface area contributed by atoms with Gasteiger partial charge in [-0.05, 0) is 47.3 Å². The second-order valence-electron chi connectivity index (χ2n) is 5.37. The summed E-state index contributed by atoms with van der Waals surface area (Å²) in [5, 5.41) is 3.49. The number of halogens is 2. The summed E-state index contributed by atoms with van der Waals surface area (Å²) in [6.07, 6.45) is 8.28. The van der Waals surface area contributed by atoms with Gasteiger partial charge in [0, 0.05) is 28.5 Å². The average Bonchev–Trinajstić information content (AvgIpc) is 2.39. The molecule has 4 heteroatoms. The number of nitrogens with one attached hydrogen (secondary N) is 1. The fourth-order valence-corrected chi connectivity index (χ4v) is 3.46. The smallest absolute Gasteiger partial charge is 0.128 e. The number of rotatable bonds is 4. The summed E-state index contributed by atoms with van der Waals surface area (Å²) in [6, 6.07) is 2.09. The zero-order chi connectivity index (χ0) is 13.0. The van der Waals surface area contributed by atoms with Gasteiger partial charge in [-0.1, -0.05) is 19.3 Å². The molecule has 0 saturated heterocycles. The van der Waals surface area contributed by atoms with E-state index in [-0.39, 0.29) is 5.41 Å². The van der Waals surface area contributed by atoms with Crippen LogP contribution in [0.5, 0.6) is 0 Å². The Morgan fingerprint density at radius 3 is 2.72 bits per heavy atom. The van der Waals surface area contributed by atoms with E-state index in [0.717, 1.165) is 22.7 Å². The molecular formula is C14H20BrClN2. The quantitative estimate of drug-likeness (QED) is 0.805. The maximum Gasteiger partial charge on any atom is 0.128 e. The summed E-state index contributed by atoms with van der Waals surface area (Å²) in [5.74, 6) is 1.73. The zero-order valence-electron chi connectivity index (χ0n) is 10.8. The van der Waals surface area contributed by atoms with E-state index in [2.05, 4.69) is 39.2 Å². The predicted molar refractivity (Wildman–Crippen MR) is 81.4 cm³/mol. The molecule has 1 aliphatic rings. The summed E-state index contributed by atoms with van der Waals surface area (Å²) < 4.78 is 1.02. The van der Waals surface area contributed by atoms with Crippen LogP contribution in [0.1, 0.15) is 37.7 Å². The van der Waals surface area contributed by atoms with Crippen molar-refractivity contribution in [1.82, 2.24) is 4.98 Å². The lowest BCUT2D eigenvalue weighted by molar-refractivity contribution is 0.238. The summed E-state index contributed by atoms with van der Waals surface area (Å²) >= 11 is 9.64. The SMILES string of the molecule is Cc1cc(Br)cnc1NCC1(CCl)CCCCC1. The van der Waals surface area contributed by atoms with E-state index in [0.29, 0.717) is 0 Å². The van der Waals surface area contributed by atoms with E-state index >= 15 is 0 Å². The van der Waals surface area contributed by atoms with Gasteiger partial charge in [-0.2, -0.15) is 0 Å². The van der Waals surface area contributed by atoms with Crippen LogP contribution in [0.3, 0.4) is 0 Å². The number of alkyl halides is 1. The molecule has 0 amide bonds. The van der Waals surface area contributed by atoms with E-state index in [9.17, 15) is 0 Å². The van der Waals surface area contributed by atoms with Crippen molar-refractivity contribution in [2.75, 3.05) is 17.7 Å². The normalized spacial score (nSPS) is 18.6. The molecule has 18 heavy (non-hydrogen) atoms. The number of hydrogen-bond acceptors (Lipinski definition) is 2. The Labute approximate surface area is 123 Å². The Hall–Kier alpha value is -0.280. The second-order valence-corrected chi connectivity index (χ2v) is 6.55. The van der Waals surface area contributed by atoms with Crippen LogP contribution in [0, 0.1) is 12.3 Å². The van der Waals surface area contributed by atoms with Gasteiger partial charge in [0.15, 0.2) is 0 Å². The largest absolute Gasteiger partial charge is 0.369 e. The minimum atomic E-state index is 0.265. The van der Waals surface area contributed by atoms with Gasteiger partial charge in [-0.3, -0.25) is 0 Å². The highest BCUT2D eigenvalue weighted by Gasteiger charge is 2.31. The van der Waals surface area contributed by atoms with E-state index in [4.69, 9.17) is 11.6 Å². The molecule has 0 radical (unpaired) electrons. The van der Waals surface area contributed by atoms with Gasteiger partial charge in [0.1, 0.15) is 5.82 Å². The van der Waals surface area contributed by atoms with Gasteiger partial charge in [0.2, 0.25) is 0 Å². The minimum absolute atomic E-state index is 0.265. The van der Waals surface area contributed by atoms with Crippen molar-refractivity contribution < 1.29 is 0 Å². The number of pyridine rings is 1. The zero-order valence-corrected chi connectivity index (χ0v) is 13.1. The summed E-state index contributed by atoms with van der Waals surface area (Å²) in [7, 11) is 0. The molecule has 1 fully saturated rings. The Balaban J connectivity index is 2.01. The molecule has 100 valence electrons. The average molecular weight is 332 g/mol. The molecular weight excluding hydrogens is 312 g/mol. The Kier molecular flexibility index (Phi) is 4.91. The lowest BCUT2D eigenvalue weighted by atomic mass is 9.75. The molecule has 0 aliphatic heterocycles. The third-order valence-corrected chi connectivity index (χ3v) is 4.87. The third kappa shape index (κ3) is 3.39. The number of anilines is 1. The molecule has 1 saturated carbocycles. The predicted octanol–water partition coefficient (Wildman–Crippen LogP) is 4.75. The van der Waals surface area contributed by atoms with Gasteiger partial charge in [0.05, 0.1) is 0 Å². The summed E-state index contributed by atoms with van der Waals surface area (Å²) in [5.41, 5.74) is 1.44. The topological polar surface area (TPSA) is 24.9 Å². The van der Waals surface area contributed by atoms with Crippen LogP contribution in [-0.2, 0) is 0 Å². The van der Waals surface area contributed by atoms with Crippen molar-refractivity contribution in [3.63, 3.8) is 0 Å². The van der Waals surface area contributed by atoms with Crippen molar-refractivity contribution in [1.29, 1.82) is 0 Å². The molecule has 1 aliphatic carbocycles. The van der Waals surface area contributed by atoms with E-state index < -0.39 is 0 Å². The summed E-state index contributed by atoms with van der Waals surface area (Å²) in [4.78, 5) is 4.43. The van der Waals surface area contributed by atoms with Gasteiger partial charge < -0.3 is 5.32 Å². The number of aromatic nitrogens is 1. The lowest BCUT2D eigenvalue weighted by Gasteiger charge is -2.36. The molecule has 0 atom stereocenters. The van der Waals surface area contributed by atoms with Gasteiger partial charge in [-0.25, -0.2) is 4.98 Å². The van der Waals surface area contributed by atoms with Crippen molar-refractivity contribution in [2.45, 2.75) is 39.0 Å². The summed E-state index contributed by atoms with van der Waals surface area (Å²) in [6.45, 7) is 3.01. The minimum Gasteiger partial charge on any atom is -0.369 e. The Morgan fingerprint density at radius 2 is 2.11 bits per heavy atom. The molecule has 1 aromatic rings. The van der Waals surface area contributed by atoms with Crippen LogP contribution in [0.25, 0.3) is 0 Å². The molecule has 2 nitrogen and oxygen atoms in total. The molecule has 1 N–H and O–H groups in total. The van der Waals surface area contributed by atoms with Crippen LogP contribution in [0.4, 0.5) is 5.82 Å². The third-order valence-electron chi connectivity index (χ3n) is 3.87. The highest BCUT2D eigenvalue weighted by molar-refractivity contribution is 9.10. The van der Waals surface area contributed by atoms with Gasteiger partial charge in [-0.15, -0.1) is 11.6 Å². The fraction of sp³-hybridized carbons (Fsp3) is 0.643. The first-order chi connectivity index (χ1) is 8.65. The maximum absolute atomic E-state index is 6.20. The second kappa shape index (κ2) is 6.25. The first-order valence-corrected chi connectivity index (χ1v) is 7.90. The van der Waals surface area contributed by atoms with Gasteiger partial charge in [0.25, 0.3) is 0 Å². The lowest BCUT2D eigenvalue weighted by Crippen LogP contribution is -2.34. The van der Waals surface area contributed by atoms with Crippen LogP contribution >= 0.6 is 27.5 Å². The Bertz CT molecular complexity index is 403. The molecule has 0 bridgehead atoms. The first kappa shape index (κ1) is 14.1. The van der Waals surface area contributed by atoms with Crippen LogP contribution in [0.15, 0.2) is 16.7 Å². The standard InChI is InChI=1S/C14H20BrClN2/c1-11-7-12(15)8-17-13(11)18-10-14(9-16)5-3-2-4-6-14/h7-8H,2-6,9-10H2,1H3,(H,17,18). The van der Waals surface area contributed by atoms with Crippen LogP contribution in [0.2, 0.25) is 0 Å². The number of aryl methyl sites for hydroxylation is 1. The maximum atomic E-state index is 6.20. The molecule has 0 spiro atoms. The van der Waals surface area contributed by atoms with Crippen molar-refractivity contribution in [3.05, 3.63) is 22.3 Å². The molecule has 1 aromatic heterocycles. The van der Waals surface area contributed by atoms with E-state index in [1.165, 1.54) is 37.7 Å². The van der Waals surface area contributed by atoms with Crippen LogP contribution in [-0.4, -0.2) is 17.4 Å². The molecule has 0 unspecified atom stereocenters. The molecule has 0 aromatic carbocycles.